The molecule has 2 aromatic rings. The number of aromatic nitrogens is 3. The number of nitrogens with two attached hydrogens (primary N) is 1. The van der Waals surface area contributed by atoms with Gasteiger partial charge in [-0.25, -0.2) is 14.3 Å². The van der Waals surface area contributed by atoms with E-state index in [4.69, 9.17) is 10.9 Å². The summed E-state index contributed by atoms with van der Waals surface area (Å²) in [5.74, 6) is -0.964. The summed E-state index contributed by atoms with van der Waals surface area (Å²) >= 11 is 1.06. The van der Waals surface area contributed by atoms with Crippen LogP contribution in [0.25, 0.3) is 0 Å². The Bertz CT molecular complexity index is 737. The average Bonchev–Trinajstić information content (AvgIpc) is 2.79. The molecule has 4 N–H and O–H groups in total. The fraction of sp³-hybridized carbons (Fsp3) is 0.250. The molecule has 0 amide bonds. The van der Waals surface area contributed by atoms with Crippen molar-refractivity contribution in [1.29, 1.82) is 0 Å². The van der Waals surface area contributed by atoms with Crippen LogP contribution in [-0.4, -0.2) is 25.8 Å². The van der Waals surface area contributed by atoms with Gasteiger partial charge in [0.05, 0.1) is 5.56 Å². The quantitative estimate of drug-likeness (QED) is 0.343. The zero-order chi connectivity index (χ0) is 15.6. The van der Waals surface area contributed by atoms with Gasteiger partial charge >= 0.3 is 5.69 Å². The molecule has 7 nitrogen and oxygen atoms in total. The third kappa shape index (κ3) is 2.92. The van der Waals surface area contributed by atoms with Gasteiger partial charge in [0.25, 0.3) is 0 Å². The van der Waals surface area contributed by atoms with E-state index in [-0.39, 0.29) is 23.1 Å². The lowest BCUT2D eigenvalue weighted by atomic mass is 10.2. The predicted octanol–water partition coefficient (Wildman–Crippen LogP) is 1.54. The monoisotopic (exact) mass is 311 g/mol. The molecule has 0 saturated carbocycles. The fourth-order valence-corrected chi connectivity index (χ4v) is 2.93. The van der Waals surface area contributed by atoms with Crippen molar-refractivity contribution in [3.63, 3.8) is 0 Å². The van der Waals surface area contributed by atoms with Crippen molar-refractivity contribution in [2.75, 3.05) is 0 Å². The molecule has 0 atom stereocenters. The number of oxime groups is 1. The number of amidine groups is 1. The number of aromatic amines is 1. The molecule has 0 aliphatic carbocycles. The number of hydrogen-bond donors (Lipinski definition) is 3. The van der Waals surface area contributed by atoms with E-state index in [0.29, 0.717) is 10.1 Å². The van der Waals surface area contributed by atoms with E-state index in [9.17, 15) is 9.18 Å². The Morgan fingerprint density at radius 3 is 2.90 bits per heavy atom. The lowest BCUT2D eigenvalue weighted by Crippen LogP contribution is -2.19. The number of benzene rings is 1. The summed E-state index contributed by atoms with van der Waals surface area (Å²) in [5.41, 5.74) is 5.12. The van der Waals surface area contributed by atoms with Crippen LogP contribution < -0.4 is 11.4 Å². The maximum absolute atomic E-state index is 13.9. The van der Waals surface area contributed by atoms with E-state index in [1.807, 2.05) is 13.8 Å². The minimum atomic E-state index is -0.621. The highest BCUT2D eigenvalue weighted by Crippen LogP contribution is 2.30. The van der Waals surface area contributed by atoms with Crippen LogP contribution >= 0.6 is 11.8 Å². The van der Waals surface area contributed by atoms with Crippen molar-refractivity contribution < 1.29 is 9.60 Å². The van der Waals surface area contributed by atoms with Crippen LogP contribution in [0.4, 0.5) is 4.39 Å². The lowest BCUT2D eigenvalue weighted by molar-refractivity contribution is 0.318. The highest BCUT2D eigenvalue weighted by atomic mass is 32.2. The highest BCUT2D eigenvalue weighted by Gasteiger charge is 2.18. The Balaban J connectivity index is 2.51. The van der Waals surface area contributed by atoms with Gasteiger partial charge in [-0.2, -0.15) is 0 Å². The minimum absolute atomic E-state index is 0.0317. The summed E-state index contributed by atoms with van der Waals surface area (Å²) in [6.07, 6.45) is 0. The predicted molar refractivity (Wildman–Crippen MR) is 76.3 cm³/mol. The molecule has 2 rings (SSSR count). The topological polar surface area (TPSA) is 109 Å². The summed E-state index contributed by atoms with van der Waals surface area (Å²) in [7, 11) is 0. The van der Waals surface area contributed by atoms with E-state index in [0.717, 1.165) is 11.8 Å². The van der Waals surface area contributed by atoms with E-state index < -0.39 is 5.82 Å². The number of H-pyrrole nitrogens is 1. The Morgan fingerprint density at radius 1 is 1.57 bits per heavy atom. The molecule has 0 aliphatic heterocycles. The molecule has 0 aliphatic rings. The summed E-state index contributed by atoms with van der Waals surface area (Å²) in [5, 5.41) is 18.2. The Kier molecular flexibility index (Phi) is 4.32. The van der Waals surface area contributed by atoms with Crippen LogP contribution in [0.3, 0.4) is 0 Å². The molecule has 1 aromatic carbocycles. The number of halogens is 1. The molecule has 21 heavy (non-hydrogen) atoms. The smallest absolute Gasteiger partial charge is 0.344 e. The van der Waals surface area contributed by atoms with Crippen LogP contribution in [0.2, 0.25) is 0 Å². The van der Waals surface area contributed by atoms with Gasteiger partial charge in [0.15, 0.2) is 11.0 Å². The molecule has 1 heterocycles. The number of nitrogens with zero attached hydrogens (tertiary/aromatic N) is 3. The second-order valence-corrected chi connectivity index (χ2v) is 5.48. The van der Waals surface area contributed by atoms with Crippen molar-refractivity contribution in [3.8, 4) is 0 Å². The average molecular weight is 311 g/mol. The molecule has 0 saturated heterocycles. The van der Waals surface area contributed by atoms with Gasteiger partial charge in [0, 0.05) is 10.9 Å². The first-order valence-electron chi connectivity index (χ1n) is 6.06. The van der Waals surface area contributed by atoms with E-state index in [2.05, 4.69) is 15.4 Å². The van der Waals surface area contributed by atoms with Crippen molar-refractivity contribution in [2.45, 2.75) is 29.9 Å². The molecule has 0 unspecified atom stereocenters. The second kappa shape index (κ2) is 6.00. The minimum Gasteiger partial charge on any atom is -0.409 e. The molecule has 0 radical (unpaired) electrons. The zero-order valence-corrected chi connectivity index (χ0v) is 12.2. The maximum atomic E-state index is 13.9. The first-order chi connectivity index (χ1) is 9.95. The van der Waals surface area contributed by atoms with Gasteiger partial charge in [-0.1, -0.05) is 11.2 Å². The summed E-state index contributed by atoms with van der Waals surface area (Å²) in [4.78, 5) is 12.1. The largest absolute Gasteiger partial charge is 0.409 e. The molecule has 9 heteroatoms. The van der Waals surface area contributed by atoms with Crippen LogP contribution in [-0.2, 0) is 0 Å². The second-order valence-electron chi connectivity index (χ2n) is 4.48. The van der Waals surface area contributed by atoms with Crippen molar-refractivity contribution in [2.24, 2.45) is 10.9 Å². The van der Waals surface area contributed by atoms with Crippen LogP contribution in [0.1, 0.15) is 25.5 Å². The first-order valence-corrected chi connectivity index (χ1v) is 6.88. The standard InChI is InChI=1S/C12H14FN5O2S/c1-6(2)18-11(19)15-16-12(18)21-8-5-3-4-7(13)9(8)10(14)17-20/h3-6,20H,1-2H3,(H2,14,17)(H,15,19). The first kappa shape index (κ1) is 15.1. The lowest BCUT2D eigenvalue weighted by Gasteiger charge is -2.11. The van der Waals surface area contributed by atoms with Crippen molar-refractivity contribution in [1.82, 2.24) is 14.8 Å². The van der Waals surface area contributed by atoms with Gasteiger partial charge in [-0.05, 0) is 37.7 Å². The third-order valence-electron chi connectivity index (χ3n) is 2.73. The number of rotatable bonds is 4. The van der Waals surface area contributed by atoms with Crippen molar-refractivity contribution in [3.05, 3.63) is 40.1 Å². The number of nitrogens with one attached hydrogen (secondary N) is 1. The summed E-state index contributed by atoms with van der Waals surface area (Å²) in [6.45, 7) is 3.66. The Labute approximate surface area is 123 Å². The number of hydrogen-bond acceptors (Lipinski definition) is 5. The van der Waals surface area contributed by atoms with Gasteiger partial charge < -0.3 is 10.9 Å². The Morgan fingerprint density at radius 2 is 2.29 bits per heavy atom. The van der Waals surface area contributed by atoms with Gasteiger partial charge in [0.2, 0.25) is 0 Å². The molecule has 0 spiro atoms. The molecule has 0 bridgehead atoms. The van der Waals surface area contributed by atoms with Gasteiger partial charge in [-0.3, -0.25) is 4.57 Å². The van der Waals surface area contributed by atoms with Crippen LogP contribution in [0.5, 0.6) is 0 Å². The maximum Gasteiger partial charge on any atom is 0.344 e. The molecule has 1 aromatic heterocycles. The zero-order valence-electron chi connectivity index (χ0n) is 11.4. The summed E-state index contributed by atoms with van der Waals surface area (Å²) < 4.78 is 15.3. The van der Waals surface area contributed by atoms with E-state index >= 15 is 0 Å². The molecular weight excluding hydrogens is 297 g/mol. The SMILES string of the molecule is CC(C)n1c(Sc2cccc(F)c2C(N)=NO)n[nH]c1=O. The third-order valence-corrected chi connectivity index (χ3v) is 3.76. The van der Waals surface area contributed by atoms with E-state index in [1.165, 1.54) is 16.7 Å². The normalized spacial score (nSPS) is 12.1. The van der Waals surface area contributed by atoms with Gasteiger partial charge in [-0.15, -0.1) is 5.10 Å². The fourth-order valence-electron chi connectivity index (χ4n) is 1.80. The van der Waals surface area contributed by atoms with Crippen molar-refractivity contribution >= 4 is 17.6 Å². The van der Waals surface area contributed by atoms with Gasteiger partial charge in [0.1, 0.15) is 5.82 Å². The molecular formula is C12H14FN5O2S. The highest BCUT2D eigenvalue weighted by molar-refractivity contribution is 7.99. The Hall–Kier alpha value is -2.29. The van der Waals surface area contributed by atoms with Crippen LogP contribution in [0, 0.1) is 5.82 Å². The molecule has 112 valence electrons. The molecule has 0 fully saturated rings. The van der Waals surface area contributed by atoms with E-state index in [1.54, 1.807) is 6.07 Å². The summed E-state index contributed by atoms with van der Waals surface area (Å²) in [6, 6.07) is 4.19. The van der Waals surface area contributed by atoms with Crippen LogP contribution in [0.15, 0.2) is 38.2 Å².